The van der Waals surface area contributed by atoms with Crippen LogP contribution in [-0.2, 0) is 13.0 Å². The molecule has 0 amide bonds. The van der Waals surface area contributed by atoms with Crippen molar-refractivity contribution in [3.05, 3.63) is 40.9 Å². The van der Waals surface area contributed by atoms with E-state index in [-0.39, 0.29) is 5.75 Å². The second-order valence-electron chi connectivity index (χ2n) is 6.97. The molecule has 0 unspecified atom stereocenters. The third-order valence-corrected chi connectivity index (χ3v) is 5.55. The first-order valence-electron chi connectivity index (χ1n) is 9.85. The maximum absolute atomic E-state index is 12.2. The predicted octanol–water partition coefficient (Wildman–Crippen LogP) is 3.59. The van der Waals surface area contributed by atoms with Crippen LogP contribution in [0.1, 0.15) is 24.1 Å². The molecule has 10 heteroatoms. The van der Waals surface area contributed by atoms with Gasteiger partial charge < -0.3 is 20.3 Å². The van der Waals surface area contributed by atoms with Crippen molar-refractivity contribution in [2.45, 2.75) is 32.0 Å². The zero-order valence-electron chi connectivity index (χ0n) is 16.8. The number of aliphatic imine (C=N–C) groups is 1. The smallest absolute Gasteiger partial charge is 0.422 e. The molecule has 1 aromatic carbocycles. The first-order valence-corrected chi connectivity index (χ1v) is 10.7. The van der Waals surface area contributed by atoms with E-state index in [2.05, 4.69) is 25.9 Å². The molecule has 1 aliphatic rings. The Hall–Kier alpha value is -2.49. The van der Waals surface area contributed by atoms with Crippen molar-refractivity contribution in [3.63, 3.8) is 0 Å². The predicted molar refractivity (Wildman–Crippen MR) is 113 cm³/mol. The molecular weight excluding hydrogens is 415 g/mol. The number of guanidine groups is 1. The summed E-state index contributed by atoms with van der Waals surface area (Å²) in [5, 5.41) is 9.65. The lowest BCUT2D eigenvalue weighted by Crippen LogP contribution is -2.37. The SMILES string of the molecule is CN=C(NCCc1csc(N2CCCC2)n1)NCc1ccc(OCC(F)(F)F)cc1. The van der Waals surface area contributed by atoms with E-state index in [0.717, 1.165) is 35.9 Å². The Morgan fingerprint density at radius 2 is 1.93 bits per heavy atom. The largest absolute Gasteiger partial charge is 0.484 e. The summed E-state index contributed by atoms with van der Waals surface area (Å²) in [5.74, 6) is 0.845. The molecule has 0 radical (unpaired) electrons. The first-order chi connectivity index (χ1) is 14.4. The average Bonchev–Trinajstić information content (AvgIpc) is 3.41. The molecule has 0 aliphatic carbocycles. The third-order valence-electron chi connectivity index (χ3n) is 4.60. The van der Waals surface area contributed by atoms with Crippen molar-refractivity contribution in [1.29, 1.82) is 0 Å². The number of nitrogens with one attached hydrogen (secondary N) is 2. The molecule has 0 bridgehead atoms. The van der Waals surface area contributed by atoms with E-state index < -0.39 is 12.8 Å². The number of ether oxygens (including phenoxy) is 1. The van der Waals surface area contributed by atoms with Crippen molar-refractivity contribution >= 4 is 22.4 Å². The summed E-state index contributed by atoms with van der Waals surface area (Å²) in [7, 11) is 1.69. The number of benzene rings is 1. The number of alkyl halides is 3. The lowest BCUT2D eigenvalue weighted by molar-refractivity contribution is -0.153. The van der Waals surface area contributed by atoms with Gasteiger partial charge in [-0.25, -0.2) is 4.98 Å². The van der Waals surface area contributed by atoms with Crippen molar-refractivity contribution in [2.75, 3.05) is 38.2 Å². The molecule has 2 aromatic rings. The minimum atomic E-state index is -4.34. The van der Waals surface area contributed by atoms with Gasteiger partial charge in [0.25, 0.3) is 0 Å². The van der Waals surface area contributed by atoms with E-state index in [9.17, 15) is 13.2 Å². The third kappa shape index (κ3) is 7.08. The van der Waals surface area contributed by atoms with E-state index in [1.807, 2.05) is 0 Å². The van der Waals surface area contributed by atoms with Crippen LogP contribution in [0.3, 0.4) is 0 Å². The van der Waals surface area contributed by atoms with Crippen molar-refractivity contribution in [1.82, 2.24) is 15.6 Å². The molecule has 0 saturated carbocycles. The number of halogens is 3. The van der Waals surface area contributed by atoms with Crippen LogP contribution in [-0.4, -0.2) is 50.4 Å². The lowest BCUT2D eigenvalue weighted by Gasteiger charge is -2.13. The summed E-state index contributed by atoms with van der Waals surface area (Å²) in [6.07, 6.45) is -1.06. The molecule has 30 heavy (non-hydrogen) atoms. The Bertz CT molecular complexity index is 817. The number of anilines is 1. The van der Waals surface area contributed by atoms with Crippen LogP contribution in [0.15, 0.2) is 34.6 Å². The highest BCUT2D eigenvalue weighted by molar-refractivity contribution is 7.13. The highest BCUT2D eigenvalue weighted by Gasteiger charge is 2.28. The summed E-state index contributed by atoms with van der Waals surface area (Å²) in [6, 6.07) is 6.50. The van der Waals surface area contributed by atoms with Gasteiger partial charge in [0.05, 0.1) is 5.69 Å². The Balaban J connectivity index is 1.38. The lowest BCUT2D eigenvalue weighted by atomic mass is 10.2. The molecule has 164 valence electrons. The normalized spacial score (nSPS) is 14.8. The van der Waals surface area contributed by atoms with Crippen LogP contribution in [0.4, 0.5) is 18.3 Å². The van der Waals surface area contributed by atoms with Crippen LogP contribution in [0.2, 0.25) is 0 Å². The van der Waals surface area contributed by atoms with Gasteiger partial charge in [-0.15, -0.1) is 11.3 Å². The molecule has 0 spiro atoms. The number of nitrogens with zero attached hydrogens (tertiary/aromatic N) is 3. The zero-order chi connectivity index (χ0) is 21.4. The fourth-order valence-corrected chi connectivity index (χ4v) is 3.96. The van der Waals surface area contributed by atoms with Gasteiger partial charge in [0.15, 0.2) is 17.7 Å². The van der Waals surface area contributed by atoms with Gasteiger partial charge in [0.1, 0.15) is 5.75 Å². The number of hydrogen-bond donors (Lipinski definition) is 2. The average molecular weight is 442 g/mol. The molecule has 0 atom stereocenters. The Kier molecular flexibility index (Phi) is 7.78. The van der Waals surface area contributed by atoms with Gasteiger partial charge in [0.2, 0.25) is 0 Å². The van der Waals surface area contributed by atoms with E-state index in [1.165, 1.54) is 25.0 Å². The Morgan fingerprint density at radius 3 is 2.60 bits per heavy atom. The van der Waals surface area contributed by atoms with Crippen LogP contribution in [0.25, 0.3) is 0 Å². The van der Waals surface area contributed by atoms with E-state index >= 15 is 0 Å². The number of rotatable bonds is 8. The Morgan fingerprint density at radius 1 is 1.20 bits per heavy atom. The minimum Gasteiger partial charge on any atom is -0.484 e. The maximum Gasteiger partial charge on any atom is 0.422 e. The summed E-state index contributed by atoms with van der Waals surface area (Å²) in [6.45, 7) is 2.09. The summed E-state index contributed by atoms with van der Waals surface area (Å²) in [5.41, 5.74) is 1.98. The van der Waals surface area contributed by atoms with Crippen LogP contribution < -0.4 is 20.3 Å². The van der Waals surface area contributed by atoms with Crippen molar-refractivity contribution in [3.8, 4) is 5.75 Å². The molecule has 2 heterocycles. The van der Waals surface area contributed by atoms with Crippen molar-refractivity contribution in [2.24, 2.45) is 4.99 Å². The summed E-state index contributed by atoms with van der Waals surface area (Å²) >= 11 is 1.69. The number of aromatic nitrogens is 1. The van der Waals surface area contributed by atoms with Crippen molar-refractivity contribution < 1.29 is 17.9 Å². The van der Waals surface area contributed by atoms with E-state index in [4.69, 9.17) is 9.72 Å². The van der Waals surface area contributed by atoms with E-state index in [0.29, 0.717) is 19.0 Å². The van der Waals surface area contributed by atoms with Gasteiger partial charge in [-0.05, 0) is 30.5 Å². The molecule has 1 saturated heterocycles. The number of hydrogen-bond acceptors (Lipinski definition) is 5. The van der Waals surface area contributed by atoms with Gasteiger partial charge in [-0.1, -0.05) is 12.1 Å². The molecular formula is C20H26F3N5OS. The van der Waals surface area contributed by atoms with Crippen LogP contribution in [0, 0.1) is 0 Å². The van der Waals surface area contributed by atoms with Crippen LogP contribution in [0.5, 0.6) is 5.75 Å². The van der Waals surface area contributed by atoms with E-state index in [1.54, 1.807) is 30.5 Å². The maximum atomic E-state index is 12.2. The Labute approximate surface area is 178 Å². The first kappa shape index (κ1) is 22.2. The second-order valence-corrected chi connectivity index (χ2v) is 7.80. The van der Waals surface area contributed by atoms with Gasteiger partial charge >= 0.3 is 6.18 Å². The second kappa shape index (κ2) is 10.5. The monoisotopic (exact) mass is 441 g/mol. The highest BCUT2D eigenvalue weighted by atomic mass is 32.1. The molecule has 1 fully saturated rings. The van der Waals surface area contributed by atoms with Crippen LogP contribution >= 0.6 is 11.3 Å². The van der Waals surface area contributed by atoms with Gasteiger partial charge in [-0.3, -0.25) is 4.99 Å². The minimum absolute atomic E-state index is 0.190. The molecule has 2 N–H and O–H groups in total. The summed E-state index contributed by atoms with van der Waals surface area (Å²) in [4.78, 5) is 11.2. The molecule has 1 aliphatic heterocycles. The molecule has 1 aromatic heterocycles. The number of thiazole rings is 1. The standard InChI is InChI=1S/C20H26F3N5OS/c1-24-18(25-9-8-16-13-30-19(27-16)28-10-2-3-11-28)26-12-15-4-6-17(7-5-15)29-14-20(21,22)23/h4-7,13H,2-3,8-12,14H2,1H3,(H2,24,25,26). The van der Waals surface area contributed by atoms with Gasteiger partial charge in [0, 0.05) is 45.0 Å². The summed E-state index contributed by atoms with van der Waals surface area (Å²) < 4.78 is 41.3. The molecule has 3 rings (SSSR count). The highest BCUT2D eigenvalue weighted by Crippen LogP contribution is 2.24. The fourth-order valence-electron chi connectivity index (χ4n) is 3.05. The fraction of sp³-hybridized carbons (Fsp3) is 0.500. The van der Waals surface area contributed by atoms with Gasteiger partial charge in [-0.2, -0.15) is 13.2 Å². The topological polar surface area (TPSA) is 61.8 Å². The zero-order valence-corrected chi connectivity index (χ0v) is 17.7. The quantitative estimate of drug-likeness (QED) is 0.484. The molecule has 6 nitrogen and oxygen atoms in total.